The van der Waals surface area contributed by atoms with Gasteiger partial charge in [-0.25, -0.2) is 8.42 Å². The summed E-state index contributed by atoms with van der Waals surface area (Å²) in [5.74, 6) is 0. The van der Waals surface area contributed by atoms with Gasteiger partial charge in [0.1, 0.15) is 0 Å². The molecule has 0 atom stereocenters. The van der Waals surface area contributed by atoms with Crippen LogP contribution in [0.25, 0.3) is 10.4 Å². The van der Waals surface area contributed by atoms with Gasteiger partial charge in [0.05, 0.1) is 0 Å². The third kappa shape index (κ3) is 10.8. The molecule has 0 spiro atoms. The number of rotatable bonds is 1. The summed E-state index contributed by atoms with van der Waals surface area (Å²) in [4.78, 5) is 1.96. The number of nitrogens with zero attached hydrogens (tertiary/aromatic N) is 3. The van der Waals surface area contributed by atoms with Crippen LogP contribution < -0.4 is 0 Å². The fraction of sp³-hybridized carbons (Fsp3) is 0. The van der Waals surface area contributed by atoms with Gasteiger partial charge < -0.3 is 0 Å². The molecule has 0 aliphatic rings. The molecule has 0 saturated carbocycles. The van der Waals surface area contributed by atoms with Crippen molar-refractivity contribution in [3.05, 3.63) is 10.4 Å². The van der Waals surface area contributed by atoms with E-state index in [-0.39, 0.29) is 11.0 Å². The first-order valence-electron chi connectivity index (χ1n) is 0.965. The molecule has 7 heteroatoms. The maximum atomic E-state index is 9.22. The second-order valence-corrected chi connectivity index (χ2v) is 1.07. The molecule has 0 saturated heterocycles. The maximum Gasteiger partial charge on any atom is 0.225 e. The Morgan fingerprint density at radius 1 is 1.57 bits per heavy atom. The van der Waals surface area contributed by atoms with E-state index in [1.807, 2.05) is 4.91 Å². The van der Waals surface area contributed by atoms with Crippen molar-refractivity contribution in [3.8, 4) is 0 Å². The largest absolute Gasteiger partial charge is 0.225 e. The second kappa shape index (κ2) is 5.48. The summed E-state index contributed by atoms with van der Waals surface area (Å²) in [6, 6.07) is 0. The summed E-state index contributed by atoms with van der Waals surface area (Å²) < 4.78 is 20.7. The Morgan fingerprint density at radius 2 is 2.00 bits per heavy atom. The summed E-state index contributed by atoms with van der Waals surface area (Å²) in [6.07, 6.45) is 0. The van der Waals surface area contributed by atoms with Gasteiger partial charge in [-0.2, -0.15) is 0 Å². The minimum atomic E-state index is -2.89. The van der Waals surface area contributed by atoms with E-state index < -0.39 is 10.9 Å². The Kier molecular flexibility index (Phi) is 7.58. The molecule has 0 rings (SSSR count). The van der Waals surface area contributed by atoms with Crippen molar-refractivity contribution in [2.45, 2.75) is 0 Å². The zero-order valence-corrected chi connectivity index (χ0v) is 3.50. The quantitative estimate of drug-likeness (QED) is 0.155. The molecule has 0 bridgehead atoms. The third-order valence-corrected chi connectivity index (χ3v) is 0.339. The molecule has 0 aliphatic carbocycles. The van der Waals surface area contributed by atoms with Gasteiger partial charge in [0.2, 0.25) is 10.9 Å². The molecule has 42 valence electrons. The number of azide groups is 1. The van der Waals surface area contributed by atoms with E-state index in [1.165, 1.54) is 0 Å². The summed E-state index contributed by atoms with van der Waals surface area (Å²) in [5.41, 5.74) is 7.31. The molecule has 0 N–H and O–H groups in total. The lowest BCUT2D eigenvalue weighted by Crippen LogP contribution is -1.54. The van der Waals surface area contributed by atoms with Gasteiger partial charge in [-0.3, -0.25) is 0 Å². The molecule has 0 fully saturated rings. The number of hydrogen-bond acceptors (Lipinski definition) is 2. The van der Waals surface area contributed by atoms with Gasteiger partial charge in [-0.1, -0.05) is 0 Å². The first-order valence-corrected chi connectivity index (χ1v) is 2.10. The van der Waals surface area contributed by atoms with Crippen molar-refractivity contribution in [3.63, 3.8) is 0 Å². The second-order valence-electron chi connectivity index (χ2n) is 0.417. The fourth-order valence-corrected chi connectivity index (χ4v) is 0.0980. The van der Waals surface area contributed by atoms with Crippen LogP contribution in [0.15, 0.2) is 4.52 Å². The number of thiol groups is 1. The molecule has 0 aromatic carbocycles. The molecular weight excluding hydrogens is 134 g/mol. The lowest BCUT2D eigenvalue weighted by atomic mass is 13.0. The maximum absolute atomic E-state index is 9.22. The number of hydrogen-bond donors (Lipinski definition) is 1. The summed E-state index contributed by atoms with van der Waals surface area (Å²) in [7, 11) is -2.89. The lowest BCUT2D eigenvalue weighted by Gasteiger charge is -1.49. The molecule has 0 heterocycles. The zero-order chi connectivity index (χ0) is 4.99. The van der Waals surface area contributed by atoms with Crippen molar-refractivity contribution in [1.29, 1.82) is 0 Å². The third-order valence-electron chi connectivity index (χ3n) is 0.113. The van der Waals surface area contributed by atoms with E-state index in [0.29, 0.717) is 0 Å². The van der Waals surface area contributed by atoms with Crippen molar-refractivity contribution < 1.29 is 8.42 Å². The van der Waals surface area contributed by atoms with E-state index in [2.05, 4.69) is 4.52 Å². The van der Waals surface area contributed by atoms with Crippen molar-refractivity contribution in [2.24, 2.45) is 4.52 Å². The first kappa shape index (κ1) is 9.69. The van der Waals surface area contributed by atoms with Crippen LogP contribution in [0, 0.1) is 0 Å². The Morgan fingerprint density at radius 3 is 2.00 bits per heavy atom. The van der Waals surface area contributed by atoms with Gasteiger partial charge in [-0.05, 0) is 16.5 Å². The van der Waals surface area contributed by atoms with Crippen LogP contribution in [0.5, 0.6) is 0 Å². The van der Waals surface area contributed by atoms with Crippen molar-refractivity contribution in [2.75, 3.05) is 0 Å². The van der Waals surface area contributed by atoms with E-state index in [9.17, 15) is 8.42 Å². The smallest absolute Gasteiger partial charge is 0.224 e. The van der Waals surface area contributed by atoms with Crippen LogP contribution in [0.2, 0.25) is 0 Å². The molecular formula is H5N3O2SSi. The molecule has 0 radical (unpaired) electrons. The zero-order valence-electron chi connectivity index (χ0n) is 2.61. The molecule has 0 amide bonds. The van der Waals surface area contributed by atoms with Crippen molar-refractivity contribution in [1.82, 2.24) is 0 Å². The molecule has 0 aromatic rings. The van der Waals surface area contributed by atoms with Crippen LogP contribution in [-0.2, 0) is 10.9 Å². The normalized spacial score (nSPS) is 6.43. The predicted molar refractivity (Wildman–Crippen MR) is 30.8 cm³/mol. The molecule has 0 aromatic heterocycles. The van der Waals surface area contributed by atoms with Crippen LogP contribution in [0.1, 0.15) is 0 Å². The predicted octanol–water partition coefficient (Wildman–Crippen LogP) is -1.63. The van der Waals surface area contributed by atoms with Gasteiger partial charge >= 0.3 is 0 Å². The average Bonchev–Trinajstić information content (AvgIpc) is 1.35. The molecule has 7 heavy (non-hydrogen) atoms. The van der Waals surface area contributed by atoms with Crippen molar-refractivity contribution >= 4 is 21.9 Å². The van der Waals surface area contributed by atoms with E-state index in [1.54, 1.807) is 0 Å². The standard InChI is InChI=1S/HN3O2S.H4Si/c1-2-3-6(4)5;/h6H;1H4. The fourth-order valence-electron chi connectivity index (χ4n) is 0.0327. The van der Waals surface area contributed by atoms with Crippen LogP contribution in [0.3, 0.4) is 0 Å². The van der Waals surface area contributed by atoms with Gasteiger partial charge in [-0.15, -0.1) is 0 Å². The molecule has 5 nitrogen and oxygen atoms in total. The monoisotopic (exact) mass is 139 g/mol. The highest BCUT2D eigenvalue weighted by molar-refractivity contribution is 7.70. The van der Waals surface area contributed by atoms with Crippen LogP contribution in [0.4, 0.5) is 0 Å². The Labute approximate surface area is 46.1 Å². The van der Waals surface area contributed by atoms with Crippen LogP contribution >= 0.6 is 0 Å². The van der Waals surface area contributed by atoms with Gasteiger partial charge in [0.25, 0.3) is 0 Å². The first-order chi connectivity index (χ1) is 2.77. The minimum Gasteiger partial charge on any atom is -0.224 e. The van der Waals surface area contributed by atoms with E-state index in [0.717, 1.165) is 0 Å². The Balaban J connectivity index is 0. The van der Waals surface area contributed by atoms with Gasteiger partial charge in [0, 0.05) is 9.43 Å². The highest BCUT2D eigenvalue weighted by atomic mass is 32.2. The molecule has 0 aliphatic heterocycles. The SMILES string of the molecule is [N-]=[N+]=N[SH](=O)=O.[SiH4]. The summed E-state index contributed by atoms with van der Waals surface area (Å²) >= 11 is 0. The molecule has 0 unspecified atom stereocenters. The topological polar surface area (TPSA) is 82.9 Å². The van der Waals surface area contributed by atoms with Gasteiger partial charge in [0.15, 0.2) is 0 Å². The Bertz CT molecular complexity index is 135. The van der Waals surface area contributed by atoms with E-state index >= 15 is 0 Å². The Hall–Kier alpha value is -0.523. The lowest BCUT2D eigenvalue weighted by molar-refractivity contribution is 0.616. The highest BCUT2D eigenvalue weighted by Crippen LogP contribution is 1.62. The van der Waals surface area contributed by atoms with Crippen LogP contribution in [-0.4, -0.2) is 19.4 Å². The summed E-state index contributed by atoms with van der Waals surface area (Å²) in [5, 5.41) is 0. The summed E-state index contributed by atoms with van der Waals surface area (Å²) in [6.45, 7) is 0. The average molecular weight is 139 g/mol. The van der Waals surface area contributed by atoms with E-state index in [4.69, 9.17) is 5.53 Å². The minimum absolute atomic E-state index is 0. The highest BCUT2D eigenvalue weighted by Gasteiger charge is 1.61.